The molecule has 2 rings (SSSR count). The summed E-state index contributed by atoms with van der Waals surface area (Å²) in [7, 11) is 0. The molecular weight excluding hydrogens is 271 g/mol. The first-order valence-corrected chi connectivity index (χ1v) is 7.38. The van der Waals surface area contributed by atoms with Crippen molar-refractivity contribution in [1.82, 2.24) is 0 Å². The second-order valence-corrected chi connectivity index (χ2v) is 6.08. The number of ketones is 1. The molecule has 0 fully saturated rings. The Balaban J connectivity index is 2.32. The van der Waals surface area contributed by atoms with Crippen molar-refractivity contribution in [1.29, 1.82) is 0 Å². The number of Topliss-reactive ketones (excluding diaryl/α,β-unsaturated/α-hetero) is 1. The van der Waals surface area contributed by atoms with Crippen molar-refractivity contribution in [3.05, 3.63) is 59.4 Å². The van der Waals surface area contributed by atoms with Crippen molar-refractivity contribution in [2.75, 3.05) is 0 Å². The number of hydrogen-bond acceptors (Lipinski definition) is 2. The van der Waals surface area contributed by atoms with Gasteiger partial charge in [-0.15, -0.1) is 0 Å². The van der Waals surface area contributed by atoms with Crippen LogP contribution in [-0.2, 0) is 0 Å². The molecule has 2 aromatic carbocycles. The summed E-state index contributed by atoms with van der Waals surface area (Å²) >= 11 is 1.29. The Morgan fingerprint density at radius 1 is 1.10 bits per heavy atom. The molecule has 0 aliphatic rings. The van der Waals surface area contributed by atoms with Crippen molar-refractivity contribution < 1.29 is 9.18 Å². The molecule has 0 heterocycles. The maximum atomic E-state index is 13.9. The quantitative estimate of drug-likeness (QED) is 0.710. The highest BCUT2D eigenvalue weighted by Gasteiger charge is 2.13. The number of hydrogen-bond donors (Lipinski definition) is 0. The zero-order chi connectivity index (χ0) is 14.7. The van der Waals surface area contributed by atoms with Crippen molar-refractivity contribution in [3.63, 3.8) is 0 Å². The van der Waals surface area contributed by atoms with Crippen LogP contribution in [0.15, 0.2) is 52.3 Å². The van der Waals surface area contributed by atoms with Crippen LogP contribution in [0.25, 0.3) is 0 Å². The zero-order valence-electron chi connectivity index (χ0n) is 11.8. The van der Waals surface area contributed by atoms with E-state index in [-0.39, 0.29) is 11.6 Å². The van der Waals surface area contributed by atoms with E-state index < -0.39 is 0 Å². The van der Waals surface area contributed by atoms with E-state index in [9.17, 15) is 9.18 Å². The van der Waals surface area contributed by atoms with Gasteiger partial charge >= 0.3 is 0 Å². The van der Waals surface area contributed by atoms with Crippen LogP contribution >= 0.6 is 11.8 Å². The molecule has 0 bridgehead atoms. The average molecular weight is 288 g/mol. The molecule has 0 unspecified atom stereocenters. The molecule has 0 atom stereocenters. The van der Waals surface area contributed by atoms with Gasteiger partial charge in [0, 0.05) is 10.5 Å². The summed E-state index contributed by atoms with van der Waals surface area (Å²) in [6.45, 7) is 5.72. The van der Waals surface area contributed by atoms with Gasteiger partial charge in [-0.2, -0.15) is 0 Å². The minimum absolute atomic E-state index is 0.120. The molecule has 0 N–H and O–H groups in total. The fraction of sp³-hybridized carbons (Fsp3) is 0.235. The summed E-state index contributed by atoms with van der Waals surface area (Å²) in [4.78, 5) is 12.9. The van der Waals surface area contributed by atoms with Crippen LogP contribution in [-0.4, -0.2) is 5.78 Å². The molecule has 0 aliphatic carbocycles. The van der Waals surface area contributed by atoms with Crippen LogP contribution in [0.4, 0.5) is 4.39 Å². The third-order valence-corrected chi connectivity index (χ3v) is 4.24. The van der Waals surface area contributed by atoms with E-state index in [1.165, 1.54) is 30.3 Å². The van der Waals surface area contributed by atoms with E-state index >= 15 is 0 Å². The van der Waals surface area contributed by atoms with Crippen molar-refractivity contribution in [3.8, 4) is 0 Å². The summed E-state index contributed by atoms with van der Waals surface area (Å²) in [5.74, 6) is -0.00303. The summed E-state index contributed by atoms with van der Waals surface area (Å²) < 4.78 is 13.9. The Kier molecular flexibility index (Phi) is 4.61. The lowest BCUT2D eigenvalue weighted by Gasteiger charge is -2.09. The highest BCUT2D eigenvalue weighted by atomic mass is 32.2. The lowest BCUT2D eigenvalue weighted by Crippen LogP contribution is -1.97. The molecule has 0 radical (unpaired) electrons. The smallest absolute Gasteiger partial charge is 0.161 e. The highest BCUT2D eigenvalue weighted by Crippen LogP contribution is 2.33. The van der Waals surface area contributed by atoms with Gasteiger partial charge in [0.1, 0.15) is 5.82 Å². The minimum atomic E-state index is -0.351. The minimum Gasteiger partial charge on any atom is -0.294 e. The van der Waals surface area contributed by atoms with E-state index in [0.29, 0.717) is 16.4 Å². The molecule has 0 aliphatic heterocycles. The summed E-state index contributed by atoms with van der Waals surface area (Å²) in [6, 6.07) is 12.6. The number of carbonyl (C=O) groups is 1. The third-order valence-electron chi connectivity index (χ3n) is 3.11. The molecule has 104 valence electrons. The number of rotatable bonds is 4. The predicted molar refractivity (Wildman–Crippen MR) is 81.1 cm³/mol. The van der Waals surface area contributed by atoms with Gasteiger partial charge in [-0.05, 0) is 36.6 Å². The fourth-order valence-corrected chi connectivity index (χ4v) is 2.92. The van der Waals surface area contributed by atoms with Crippen LogP contribution in [0.3, 0.4) is 0 Å². The summed E-state index contributed by atoms with van der Waals surface area (Å²) in [5, 5.41) is 0. The lowest BCUT2D eigenvalue weighted by molar-refractivity contribution is 0.101. The first-order valence-electron chi connectivity index (χ1n) is 6.56. The van der Waals surface area contributed by atoms with E-state index in [2.05, 4.69) is 13.8 Å². The molecule has 0 spiro atoms. The Morgan fingerprint density at radius 3 is 2.30 bits per heavy atom. The topological polar surface area (TPSA) is 17.1 Å². The molecule has 2 aromatic rings. The Morgan fingerprint density at radius 2 is 1.75 bits per heavy atom. The van der Waals surface area contributed by atoms with Crippen molar-refractivity contribution in [2.45, 2.75) is 36.5 Å². The monoisotopic (exact) mass is 288 g/mol. The van der Waals surface area contributed by atoms with Crippen molar-refractivity contribution >= 4 is 17.5 Å². The molecule has 1 nitrogen and oxygen atoms in total. The Labute approximate surface area is 123 Å². The second-order valence-electron chi connectivity index (χ2n) is 5.00. The van der Waals surface area contributed by atoms with Gasteiger partial charge in [0.25, 0.3) is 0 Å². The second kappa shape index (κ2) is 6.23. The van der Waals surface area contributed by atoms with E-state index in [1.54, 1.807) is 12.1 Å². The molecule has 0 saturated carbocycles. The number of carbonyl (C=O) groups excluding carboxylic acids is 1. The lowest BCUT2D eigenvalue weighted by atomic mass is 10.0. The summed E-state index contributed by atoms with van der Waals surface area (Å²) in [6.07, 6.45) is 0. The van der Waals surface area contributed by atoms with Crippen molar-refractivity contribution in [2.24, 2.45) is 0 Å². The van der Waals surface area contributed by atoms with Gasteiger partial charge in [-0.3, -0.25) is 4.79 Å². The van der Waals surface area contributed by atoms with Gasteiger partial charge in [0.15, 0.2) is 5.78 Å². The molecular formula is C17H17FOS. The molecule has 20 heavy (non-hydrogen) atoms. The average Bonchev–Trinajstić information content (AvgIpc) is 2.41. The third kappa shape index (κ3) is 3.28. The zero-order valence-corrected chi connectivity index (χ0v) is 12.6. The van der Waals surface area contributed by atoms with E-state index in [1.807, 2.05) is 24.3 Å². The first-order chi connectivity index (χ1) is 9.49. The van der Waals surface area contributed by atoms with Crippen LogP contribution in [0.5, 0.6) is 0 Å². The van der Waals surface area contributed by atoms with Gasteiger partial charge in [0.05, 0.1) is 4.90 Å². The van der Waals surface area contributed by atoms with E-state index in [0.717, 1.165) is 4.90 Å². The van der Waals surface area contributed by atoms with Gasteiger partial charge in [-0.25, -0.2) is 4.39 Å². The number of benzene rings is 2. The highest BCUT2D eigenvalue weighted by molar-refractivity contribution is 7.99. The molecule has 0 amide bonds. The standard InChI is InChI=1S/C17H17FOS/c1-11(2)13-7-9-14(10-8-13)20-17-15(12(3)19)5-4-6-16(17)18/h4-11H,1-3H3. The molecule has 0 saturated heterocycles. The maximum absolute atomic E-state index is 13.9. The summed E-state index contributed by atoms with van der Waals surface area (Å²) in [5.41, 5.74) is 1.68. The van der Waals surface area contributed by atoms with Crippen LogP contribution < -0.4 is 0 Å². The van der Waals surface area contributed by atoms with Crippen LogP contribution in [0, 0.1) is 5.82 Å². The first kappa shape index (κ1) is 14.8. The molecule has 3 heteroatoms. The maximum Gasteiger partial charge on any atom is 0.161 e. The van der Waals surface area contributed by atoms with Gasteiger partial charge in [-0.1, -0.05) is 49.9 Å². The van der Waals surface area contributed by atoms with Crippen LogP contribution in [0.2, 0.25) is 0 Å². The fourth-order valence-electron chi connectivity index (χ4n) is 1.93. The van der Waals surface area contributed by atoms with E-state index in [4.69, 9.17) is 0 Å². The Bertz CT molecular complexity index is 617. The van der Waals surface area contributed by atoms with Gasteiger partial charge in [0.2, 0.25) is 0 Å². The number of halogens is 1. The normalized spacial score (nSPS) is 10.8. The predicted octanol–water partition coefficient (Wildman–Crippen LogP) is 5.30. The largest absolute Gasteiger partial charge is 0.294 e. The van der Waals surface area contributed by atoms with Gasteiger partial charge < -0.3 is 0 Å². The Hall–Kier alpha value is -1.61. The van der Waals surface area contributed by atoms with Crippen LogP contribution in [0.1, 0.15) is 42.6 Å². The SMILES string of the molecule is CC(=O)c1cccc(F)c1Sc1ccc(C(C)C)cc1. The molecule has 0 aromatic heterocycles.